The maximum atomic E-state index is 12.2. The van der Waals surface area contributed by atoms with Gasteiger partial charge in [0.15, 0.2) is 0 Å². The van der Waals surface area contributed by atoms with Crippen LogP contribution in [0.4, 0.5) is 0 Å². The normalized spacial score (nSPS) is 28.1. The van der Waals surface area contributed by atoms with Gasteiger partial charge in [0.2, 0.25) is 5.91 Å². The van der Waals surface area contributed by atoms with Crippen molar-refractivity contribution in [3.05, 3.63) is 0 Å². The number of nitrogens with one attached hydrogen (secondary N) is 1. The lowest BCUT2D eigenvalue weighted by molar-refractivity contribution is -0.148. The molecular weight excluding hydrogens is 345 g/mol. The Hall–Kier alpha value is -0.330. The molecule has 0 unspecified atom stereocenters. The maximum Gasteiger partial charge on any atom is 0.332 e. The number of esters is 1. The number of rotatable bonds is 5. The zero-order valence-electron chi connectivity index (χ0n) is 11.5. The van der Waals surface area contributed by atoms with Crippen LogP contribution in [0.5, 0.6) is 0 Å². The van der Waals surface area contributed by atoms with E-state index in [2.05, 4.69) is 27.9 Å². The van der Waals surface area contributed by atoms with Crippen LogP contribution in [0.2, 0.25) is 0 Å². The highest BCUT2D eigenvalue weighted by atomic mass is 127. The van der Waals surface area contributed by atoms with Gasteiger partial charge < -0.3 is 10.1 Å². The lowest BCUT2D eigenvalue weighted by Crippen LogP contribution is -2.55. The molecule has 0 spiro atoms. The molecular formula is C13H22INO3. The molecule has 2 atom stereocenters. The van der Waals surface area contributed by atoms with Gasteiger partial charge in [-0.1, -0.05) is 50.3 Å². The highest BCUT2D eigenvalue weighted by Crippen LogP contribution is 2.31. The van der Waals surface area contributed by atoms with Gasteiger partial charge in [0.1, 0.15) is 11.6 Å². The number of halogens is 1. The van der Waals surface area contributed by atoms with Crippen LogP contribution in [-0.4, -0.2) is 27.9 Å². The van der Waals surface area contributed by atoms with Crippen molar-refractivity contribution in [3.63, 3.8) is 0 Å². The second-order valence-corrected chi connectivity index (χ2v) is 6.39. The Labute approximate surface area is 122 Å². The van der Waals surface area contributed by atoms with Crippen LogP contribution >= 0.6 is 22.6 Å². The molecule has 0 aliphatic carbocycles. The number of carbonyl (C=O) groups is 2. The third-order valence-corrected chi connectivity index (χ3v) is 4.85. The molecule has 1 N–H and O–H groups in total. The number of hydrogen-bond acceptors (Lipinski definition) is 3. The van der Waals surface area contributed by atoms with Crippen molar-refractivity contribution in [1.82, 2.24) is 5.32 Å². The molecule has 0 radical (unpaired) electrons. The van der Waals surface area contributed by atoms with Gasteiger partial charge in [0.25, 0.3) is 0 Å². The molecule has 1 aliphatic heterocycles. The summed E-state index contributed by atoms with van der Waals surface area (Å²) in [4.78, 5) is 24.2. The van der Waals surface area contributed by atoms with Gasteiger partial charge >= 0.3 is 5.97 Å². The number of carbonyl (C=O) groups excluding carboxylic acids is 2. The fourth-order valence-electron chi connectivity index (χ4n) is 1.89. The largest absolute Gasteiger partial charge is 0.460 e. The van der Waals surface area contributed by atoms with Crippen LogP contribution in [0.25, 0.3) is 0 Å². The van der Waals surface area contributed by atoms with Crippen LogP contribution in [0.15, 0.2) is 0 Å². The first-order valence-corrected chi connectivity index (χ1v) is 7.93. The van der Waals surface area contributed by atoms with Crippen molar-refractivity contribution in [1.29, 1.82) is 0 Å². The standard InChI is InChI=1S/C13H22INO3/c1-5-12(3,4)10(16)15-13(6-2)7-9(8-14)18-11(13)17/h9H,5-8H2,1-4H3,(H,15,16)/t9-,13-/m0/s1. The quantitative estimate of drug-likeness (QED) is 0.461. The predicted molar refractivity (Wildman–Crippen MR) is 78.6 cm³/mol. The van der Waals surface area contributed by atoms with Crippen LogP contribution in [0.1, 0.15) is 47.0 Å². The lowest BCUT2D eigenvalue weighted by Gasteiger charge is -2.30. The minimum Gasteiger partial charge on any atom is -0.460 e. The first kappa shape index (κ1) is 15.7. The predicted octanol–water partition coefficient (Wildman–Crippen LogP) is 2.44. The average Bonchev–Trinajstić information content (AvgIpc) is 2.66. The van der Waals surface area contributed by atoms with Gasteiger partial charge in [-0.3, -0.25) is 4.79 Å². The summed E-state index contributed by atoms with van der Waals surface area (Å²) in [6.45, 7) is 7.67. The molecule has 0 aromatic carbocycles. The number of hydrogen-bond donors (Lipinski definition) is 1. The van der Waals surface area contributed by atoms with E-state index in [1.54, 1.807) is 0 Å². The topological polar surface area (TPSA) is 55.4 Å². The first-order valence-electron chi connectivity index (χ1n) is 6.41. The summed E-state index contributed by atoms with van der Waals surface area (Å²) in [5.74, 6) is -0.357. The maximum absolute atomic E-state index is 12.2. The van der Waals surface area contributed by atoms with Crippen molar-refractivity contribution in [2.75, 3.05) is 4.43 Å². The molecule has 0 aromatic rings. The van der Waals surface area contributed by atoms with Gasteiger partial charge in [-0.25, -0.2) is 4.79 Å². The molecule has 1 aliphatic rings. The Balaban J connectivity index is 2.85. The highest BCUT2D eigenvalue weighted by molar-refractivity contribution is 14.1. The summed E-state index contributed by atoms with van der Waals surface area (Å²) in [6, 6.07) is 0. The zero-order valence-corrected chi connectivity index (χ0v) is 13.7. The molecule has 1 saturated heterocycles. The fourth-order valence-corrected chi connectivity index (χ4v) is 2.38. The summed E-state index contributed by atoms with van der Waals surface area (Å²) in [5.41, 5.74) is -1.27. The molecule has 1 fully saturated rings. The Kier molecular flexibility index (Phi) is 5.03. The van der Waals surface area contributed by atoms with Crippen LogP contribution in [-0.2, 0) is 14.3 Å². The van der Waals surface area contributed by atoms with Crippen molar-refractivity contribution in [3.8, 4) is 0 Å². The molecule has 104 valence electrons. The molecule has 0 saturated carbocycles. The summed E-state index contributed by atoms with van der Waals surface area (Å²) >= 11 is 2.20. The monoisotopic (exact) mass is 367 g/mol. The third-order valence-electron chi connectivity index (χ3n) is 3.87. The average molecular weight is 367 g/mol. The van der Waals surface area contributed by atoms with E-state index in [1.165, 1.54) is 0 Å². The Morgan fingerprint density at radius 1 is 1.56 bits per heavy atom. The molecule has 1 amide bonds. The van der Waals surface area contributed by atoms with Crippen molar-refractivity contribution < 1.29 is 14.3 Å². The van der Waals surface area contributed by atoms with E-state index in [0.717, 1.165) is 10.8 Å². The van der Waals surface area contributed by atoms with Crippen LogP contribution in [0.3, 0.4) is 0 Å². The number of ether oxygens (including phenoxy) is 1. The van der Waals surface area contributed by atoms with E-state index >= 15 is 0 Å². The summed E-state index contributed by atoms with van der Waals surface area (Å²) in [7, 11) is 0. The SMILES string of the molecule is CCC(C)(C)C(=O)N[C@@]1(CC)C[C@@H](CI)OC1=O. The molecule has 1 rings (SSSR count). The van der Waals surface area contributed by atoms with Crippen LogP contribution < -0.4 is 5.32 Å². The Bertz CT molecular complexity index is 343. The van der Waals surface area contributed by atoms with E-state index < -0.39 is 11.0 Å². The Morgan fingerprint density at radius 3 is 2.56 bits per heavy atom. The van der Waals surface area contributed by atoms with Crippen molar-refractivity contribution >= 4 is 34.5 Å². The van der Waals surface area contributed by atoms with E-state index in [0.29, 0.717) is 12.8 Å². The zero-order chi connectivity index (χ0) is 14.0. The third kappa shape index (κ3) is 2.97. The lowest BCUT2D eigenvalue weighted by atomic mass is 9.85. The van der Waals surface area contributed by atoms with Gasteiger partial charge in [0.05, 0.1) is 0 Å². The van der Waals surface area contributed by atoms with Gasteiger partial charge in [-0.05, 0) is 12.8 Å². The number of alkyl halides is 1. The molecule has 1 heterocycles. The van der Waals surface area contributed by atoms with Crippen LogP contribution in [0, 0.1) is 5.41 Å². The summed E-state index contributed by atoms with van der Waals surface area (Å²) in [6.07, 6.45) is 1.81. The first-order chi connectivity index (χ1) is 8.31. The van der Waals surface area contributed by atoms with Crippen molar-refractivity contribution in [2.45, 2.75) is 58.6 Å². The van der Waals surface area contributed by atoms with E-state index in [9.17, 15) is 9.59 Å². The minimum atomic E-state index is -0.820. The van der Waals surface area contributed by atoms with Gasteiger partial charge in [-0.2, -0.15) is 0 Å². The second kappa shape index (κ2) is 5.75. The van der Waals surface area contributed by atoms with E-state index in [-0.39, 0.29) is 18.0 Å². The molecule has 5 heteroatoms. The molecule has 0 bridgehead atoms. The highest BCUT2D eigenvalue weighted by Gasteiger charge is 2.49. The minimum absolute atomic E-state index is 0.0714. The smallest absolute Gasteiger partial charge is 0.332 e. The van der Waals surface area contributed by atoms with Crippen molar-refractivity contribution in [2.24, 2.45) is 5.41 Å². The molecule has 18 heavy (non-hydrogen) atoms. The summed E-state index contributed by atoms with van der Waals surface area (Å²) < 4.78 is 6.07. The van der Waals surface area contributed by atoms with Gasteiger partial charge in [-0.15, -0.1) is 0 Å². The Morgan fingerprint density at radius 2 is 2.17 bits per heavy atom. The van der Waals surface area contributed by atoms with E-state index in [1.807, 2.05) is 27.7 Å². The second-order valence-electron chi connectivity index (χ2n) is 5.51. The molecule has 0 aromatic heterocycles. The molecule has 4 nitrogen and oxygen atoms in total. The number of cyclic esters (lactones) is 1. The fraction of sp³-hybridized carbons (Fsp3) is 0.846. The summed E-state index contributed by atoms with van der Waals surface area (Å²) in [5, 5.41) is 2.93. The van der Waals surface area contributed by atoms with E-state index in [4.69, 9.17) is 4.74 Å². The number of amides is 1. The van der Waals surface area contributed by atoms with Gasteiger partial charge in [0, 0.05) is 16.3 Å².